The summed E-state index contributed by atoms with van der Waals surface area (Å²) >= 11 is 1.33. The molecule has 2 aromatic carbocycles. The van der Waals surface area contributed by atoms with E-state index in [-0.39, 0.29) is 30.0 Å². The molecule has 0 saturated carbocycles. The lowest BCUT2D eigenvalue weighted by molar-refractivity contribution is -0.139. The molecule has 0 spiro atoms. The molecule has 0 unspecified atom stereocenters. The van der Waals surface area contributed by atoms with Gasteiger partial charge in [-0.15, -0.1) is 11.8 Å². The first-order chi connectivity index (χ1) is 13.9. The van der Waals surface area contributed by atoms with Crippen molar-refractivity contribution >= 4 is 33.4 Å². The second-order valence-electron chi connectivity index (χ2n) is 6.29. The summed E-state index contributed by atoms with van der Waals surface area (Å²) in [4.78, 5) is 11.7. The number of hydrogen-bond donors (Lipinski definition) is 0. The summed E-state index contributed by atoms with van der Waals surface area (Å²) < 4.78 is 43.6. The smallest absolute Gasteiger partial charge is 0.315 e. The quantitative estimate of drug-likeness (QED) is 0.440. The number of nitrogens with zero attached hydrogens (tertiary/aromatic N) is 1. The highest BCUT2D eigenvalue weighted by atomic mass is 32.2. The van der Waals surface area contributed by atoms with Gasteiger partial charge in [-0.25, -0.2) is 8.42 Å². The molecule has 0 saturated heterocycles. The maximum Gasteiger partial charge on any atom is 0.315 e. The van der Waals surface area contributed by atoms with Crippen LogP contribution in [0.5, 0.6) is 11.5 Å². The van der Waals surface area contributed by atoms with Crippen LogP contribution in [-0.4, -0.2) is 45.8 Å². The number of thioether (sulfide) groups is 1. The van der Waals surface area contributed by atoms with Gasteiger partial charge in [-0.1, -0.05) is 17.7 Å². The maximum absolute atomic E-state index is 13.3. The zero-order valence-electron chi connectivity index (χ0n) is 16.3. The number of ether oxygens (including phenoxy) is 3. The van der Waals surface area contributed by atoms with Crippen LogP contribution < -0.4 is 13.8 Å². The third-order valence-electron chi connectivity index (χ3n) is 4.22. The Morgan fingerprint density at radius 3 is 2.59 bits per heavy atom. The van der Waals surface area contributed by atoms with Crippen LogP contribution in [0.25, 0.3) is 0 Å². The van der Waals surface area contributed by atoms with Crippen LogP contribution in [-0.2, 0) is 19.6 Å². The molecule has 0 atom stereocenters. The molecule has 7 nitrogen and oxygen atoms in total. The lowest BCUT2D eigenvalue weighted by Gasteiger charge is -2.24. The van der Waals surface area contributed by atoms with E-state index < -0.39 is 10.0 Å². The van der Waals surface area contributed by atoms with Crippen molar-refractivity contribution in [1.82, 2.24) is 0 Å². The number of hydrogen-bond acceptors (Lipinski definition) is 7. The van der Waals surface area contributed by atoms with Crippen LogP contribution in [0.4, 0.5) is 5.69 Å². The molecule has 9 heteroatoms. The maximum atomic E-state index is 13.3. The van der Waals surface area contributed by atoms with Gasteiger partial charge >= 0.3 is 5.97 Å². The zero-order valence-corrected chi connectivity index (χ0v) is 17.9. The Morgan fingerprint density at radius 1 is 1.14 bits per heavy atom. The van der Waals surface area contributed by atoms with Crippen LogP contribution in [0, 0.1) is 6.92 Å². The summed E-state index contributed by atoms with van der Waals surface area (Å²) in [7, 11) is -3.79. The van der Waals surface area contributed by atoms with Gasteiger partial charge < -0.3 is 14.2 Å². The molecule has 0 aromatic heterocycles. The number of esters is 1. The molecule has 1 aliphatic rings. The third kappa shape index (κ3) is 5.16. The Labute approximate surface area is 175 Å². The second-order valence-corrected chi connectivity index (χ2v) is 9.25. The Hall–Kier alpha value is -2.39. The van der Waals surface area contributed by atoms with E-state index >= 15 is 0 Å². The Balaban J connectivity index is 1.83. The average molecular weight is 438 g/mol. The van der Waals surface area contributed by atoms with E-state index in [1.54, 1.807) is 49.4 Å². The first kappa shape index (κ1) is 21.3. The predicted molar refractivity (Wildman–Crippen MR) is 112 cm³/mol. The number of aryl methyl sites for hydroxylation is 1. The predicted octanol–water partition coefficient (Wildman–Crippen LogP) is 3.22. The minimum absolute atomic E-state index is 0.110. The normalized spacial score (nSPS) is 12.6. The fraction of sp³-hybridized carbons (Fsp3) is 0.350. The SMILES string of the molecule is CCOC(=O)CSCCN(c1ccc2c(c1)OCO2)S(=O)(=O)c1ccc(C)cc1. The van der Waals surface area contributed by atoms with Crippen molar-refractivity contribution in [2.45, 2.75) is 18.7 Å². The fourth-order valence-corrected chi connectivity index (χ4v) is 5.05. The van der Waals surface area contributed by atoms with Crippen molar-refractivity contribution in [1.29, 1.82) is 0 Å². The number of sulfonamides is 1. The van der Waals surface area contributed by atoms with E-state index in [4.69, 9.17) is 14.2 Å². The van der Waals surface area contributed by atoms with Crippen molar-refractivity contribution in [3.05, 3.63) is 48.0 Å². The summed E-state index contributed by atoms with van der Waals surface area (Å²) in [6.45, 7) is 4.28. The molecular formula is C20H23NO6S2. The minimum atomic E-state index is -3.79. The van der Waals surface area contributed by atoms with E-state index in [9.17, 15) is 13.2 Å². The van der Waals surface area contributed by atoms with Crippen molar-refractivity contribution in [2.75, 3.05) is 35.8 Å². The number of carbonyl (C=O) groups excluding carboxylic acids is 1. The van der Waals surface area contributed by atoms with Crippen LogP contribution in [0.3, 0.4) is 0 Å². The molecule has 29 heavy (non-hydrogen) atoms. The molecule has 0 aliphatic carbocycles. The average Bonchev–Trinajstić information content (AvgIpc) is 3.16. The Bertz CT molecular complexity index is 959. The van der Waals surface area contributed by atoms with Gasteiger partial charge in [0.1, 0.15) is 0 Å². The van der Waals surface area contributed by atoms with Gasteiger partial charge in [-0.2, -0.15) is 0 Å². The fourth-order valence-electron chi connectivity index (χ4n) is 2.77. The summed E-state index contributed by atoms with van der Waals surface area (Å²) in [5.74, 6) is 1.38. The Kier molecular flexibility index (Phi) is 6.92. The van der Waals surface area contributed by atoms with E-state index in [0.717, 1.165) is 5.56 Å². The van der Waals surface area contributed by atoms with Gasteiger partial charge in [0.05, 0.1) is 22.9 Å². The molecule has 0 fully saturated rings. The third-order valence-corrected chi connectivity index (χ3v) is 6.97. The summed E-state index contributed by atoms with van der Waals surface area (Å²) in [6, 6.07) is 11.8. The lowest BCUT2D eigenvalue weighted by atomic mass is 10.2. The first-order valence-corrected chi connectivity index (χ1v) is 11.7. The van der Waals surface area contributed by atoms with Crippen molar-refractivity contribution < 1.29 is 27.4 Å². The second kappa shape index (κ2) is 9.41. The monoisotopic (exact) mass is 437 g/mol. The lowest BCUT2D eigenvalue weighted by Crippen LogP contribution is -2.33. The molecule has 2 aromatic rings. The highest BCUT2D eigenvalue weighted by Crippen LogP contribution is 2.37. The molecule has 0 amide bonds. The molecule has 1 heterocycles. The number of rotatable bonds is 9. The molecule has 0 bridgehead atoms. The molecule has 3 rings (SSSR count). The van der Waals surface area contributed by atoms with Gasteiger partial charge in [0.15, 0.2) is 11.5 Å². The van der Waals surface area contributed by atoms with E-state index in [0.29, 0.717) is 29.5 Å². The molecule has 156 valence electrons. The largest absolute Gasteiger partial charge is 0.465 e. The number of anilines is 1. The number of carbonyl (C=O) groups is 1. The van der Waals surface area contributed by atoms with Crippen molar-refractivity contribution in [3.8, 4) is 11.5 Å². The van der Waals surface area contributed by atoms with Gasteiger partial charge in [-0.3, -0.25) is 9.10 Å². The van der Waals surface area contributed by atoms with Gasteiger partial charge in [0.2, 0.25) is 6.79 Å². The van der Waals surface area contributed by atoms with E-state index in [2.05, 4.69) is 0 Å². The van der Waals surface area contributed by atoms with Crippen LogP contribution in [0.2, 0.25) is 0 Å². The van der Waals surface area contributed by atoms with Crippen molar-refractivity contribution in [3.63, 3.8) is 0 Å². The van der Waals surface area contributed by atoms with Gasteiger partial charge in [0, 0.05) is 18.4 Å². The van der Waals surface area contributed by atoms with E-state index in [1.165, 1.54) is 16.1 Å². The van der Waals surface area contributed by atoms with Crippen molar-refractivity contribution in [2.24, 2.45) is 0 Å². The zero-order chi connectivity index (χ0) is 20.9. The number of benzene rings is 2. The van der Waals surface area contributed by atoms with Crippen LogP contribution >= 0.6 is 11.8 Å². The molecule has 0 radical (unpaired) electrons. The molecular weight excluding hydrogens is 414 g/mol. The highest BCUT2D eigenvalue weighted by molar-refractivity contribution is 8.00. The topological polar surface area (TPSA) is 82.1 Å². The molecule has 1 aliphatic heterocycles. The molecule has 0 N–H and O–H groups in total. The minimum Gasteiger partial charge on any atom is -0.465 e. The first-order valence-electron chi connectivity index (χ1n) is 9.14. The standard InChI is InChI=1S/C20H23NO6S2/c1-3-25-20(22)13-28-11-10-21(16-6-9-18-19(12-16)27-14-26-18)29(23,24)17-7-4-15(2)5-8-17/h4-9,12H,3,10-11,13-14H2,1-2H3. The van der Waals surface area contributed by atoms with Crippen LogP contribution in [0.15, 0.2) is 47.4 Å². The van der Waals surface area contributed by atoms with E-state index in [1.807, 2.05) is 6.92 Å². The summed E-state index contributed by atoms with van der Waals surface area (Å²) in [5.41, 5.74) is 1.45. The Morgan fingerprint density at radius 2 is 1.86 bits per heavy atom. The highest BCUT2D eigenvalue weighted by Gasteiger charge is 2.26. The van der Waals surface area contributed by atoms with Crippen LogP contribution in [0.1, 0.15) is 12.5 Å². The summed E-state index contributed by atoms with van der Waals surface area (Å²) in [5, 5.41) is 0. The van der Waals surface area contributed by atoms with Gasteiger partial charge in [0.25, 0.3) is 10.0 Å². The summed E-state index contributed by atoms with van der Waals surface area (Å²) in [6.07, 6.45) is 0. The van der Waals surface area contributed by atoms with Gasteiger partial charge in [-0.05, 0) is 38.1 Å². The number of fused-ring (bicyclic) bond motifs is 1.